The summed E-state index contributed by atoms with van der Waals surface area (Å²) in [5.41, 5.74) is 0.888. The van der Waals surface area contributed by atoms with Crippen LogP contribution in [0.25, 0.3) is 0 Å². The van der Waals surface area contributed by atoms with Gasteiger partial charge in [-0.25, -0.2) is 13.4 Å². The van der Waals surface area contributed by atoms with Crippen molar-refractivity contribution in [1.82, 2.24) is 9.88 Å². The van der Waals surface area contributed by atoms with Crippen LogP contribution in [0.3, 0.4) is 0 Å². The third-order valence-electron chi connectivity index (χ3n) is 4.18. The molecule has 9 heteroatoms. The first-order valence-corrected chi connectivity index (χ1v) is 9.96. The second kappa shape index (κ2) is 7.51. The van der Waals surface area contributed by atoms with Crippen LogP contribution in [0.5, 0.6) is 0 Å². The van der Waals surface area contributed by atoms with Crippen molar-refractivity contribution in [2.24, 2.45) is 0 Å². The van der Waals surface area contributed by atoms with Gasteiger partial charge in [0.05, 0.1) is 16.8 Å². The Balaban J connectivity index is 1.67. The van der Waals surface area contributed by atoms with Crippen LogP contribution in [0.4, 0.5) is 11.5 Å². The van der Waals surface area contributed by atoms with Gasteiger partial charge in [0.25, 0.3) is 10.0 Å². The molecule has 1 N–H and O–H groups in total. The summed E-state index contributed by atoms with van der Waals surface area (Å²) >= 11 is 5.85. The van der Waals surface area contributed by atoms with E-state index in [0.717, 1.165) is 18.8 Å². The molecule has 1 aromatic carbocycles. The zero-order valence-electron chi connectivity index (χ0n) is 14.2. The second-order valence-electron chi connectivity index (χ2n) is 5.96. The minimum atomic E-state index is -3.75. The number of hydrogen-bond acceptors (Lipinski definition) is 5. The Bertz CT molecular complexity index is 894. The number of benzene rings is 1. The highest BCUT2D eigenvalue weighted by atomic mass is 35.5. The molecule has 1 aromatic heterocycles. The van der Waals surface area contributed by atoms with Crippen molar-refractivity contribution in [3.8, 4) is 0 Å². The number of pyridine rings is 1. The van der Waals surface area contributed by atoms with E-state index in [1.807, 2.05) is 6.07 Å². The SMILES string of the molecule is CC(=O)N1CCN(c2ccc(NS(=O)(=O)c3cccc(Cl)c3)nc2)CC1. The molecule has 0 aliphatic carbocycles. The first-order valence-electron chi connectivity index (χ1n) is 8.10. The van der Waals surface area contributed by atoms with E-state index in [1.165, 1.54) is 12.1 Å². The number of amides is 1. The molecule has 0 unspecified atom stereocenters. The average Bonchev–Trinajstić information content (AvgIpc) is 2.62. The number of aromatic nitrogens is 1. The maximum atomic E-state index is 12.4. The quantitative estimate of drug-likeness (QED) is 0.859. The van der Waals surface area contributed by atoms with Gasteiger partial charge in [0.15, 0.2) is 0 Å². The lowest BCUT2D eigenvalue weighted by atomic mass is 10.2. The summed E-state index contributed by atoms with van der Waals surface area (Å²) < 4.78 is 27.2. The molecule has 1 amide bonds. The van der Waals surface area contributed by atoms with Crippen molar-refractivity contribution < 1.29 is 13.2 Å². The minimum absolute atomic E-state index is 0.0774. The molecule has 138 valence electrons. The molecular weight excluding hydrogens is 376 g/mol. The van der Waals surface area contributed by atoms with Crippen LogP contribution in [-0.2, 0) is 14.8 Å². The third-order valence-corrected chi connectivity index (χ3v) is 5.77. The molecule has 0 radical (unpaired) electrons. The molecule has 3 rings (SSSR count). The van der Waals surface area contributed by atoms with E-state index < -0.39 is 10.0 Å². The van der Waals surface area contributed by atoms with Gasteiger partial charge < -0.3 is 9.80 Å². The largest absolute Gasteiger partial charge is 0.367 e. The summed E-state index contributed by atoms with van der Waals surface area (Å²) in [5, 5.41) is 0.348. The summed E-state index contributed by atoms with van der Waals surface area (Å²) in [6.45, 7) is 4.33. The van der Waals surface area contributed by atoms with Gasteiger partial charge in [-0.15, -0.1) is 0 Å². The monoisotopic (exact) mass is 394 g/mol. The first-order chi connectivity index (χ1) is 12.3. The fourth-order valence-electron chi connectivity index (χ4n) is 2.74. The van der Waals surface area contributed by atoms with E-state index in [9.17, 15) is 13.2 Å². The van der Waals surface area contributed by atoms with Gasteiger partial charge in [0, 0.05) is 38.1 Å². The zero-order chi connectivity index (χ0) is 18.7. The van der Waals surface area contributed by atoms with E-state index in [4.69, 9.17) is 11.6 Å². The Morgan fingerprint density at radius 3 is 2.46 bits per heavy atom. The number of hydrogen-bond donors (Lipinski definition) is 1. The van der Waals surface area contributed by atoms with Crippen LogP contribution in [0.2, 0.25) is 5.02 Å². The van der Waals surface area contributed by atoms with E-state index in [-0.39, 0.29) is 16.6 Å². The molecule has 1 aliphatic heterocycles. The Morgan fingerprint density at radius 1 is 1.15 bits per heavy atom. The predicted octanol–water partition coefficient (Wildman–Crippen LogP) is 2.20. The van der Waals surface area contributed by atoms with Crippen LogP contribution in [-0.4, -0.2) is 50.4 Å². The van der Waals surface area contributed by atoms with Crippen LogP contribution >= 0.6 is 11.6 Å². The van der Waals surface area contributed by atoms with Crippen molar-refractivity contribution in [3.63, 3.8) is 0 Å². The Morgan fingerprint density at radius 2 is 1.88 bits per heavy atom. The number of carbonyl (C=O) groups is 1. The van der Waals surface area contributed by atoms with Gasteiger partial charge in [-0.1, -0.05) is 17.7 Å². The maximum absolute atomic E-state index is 12.4. The van der Waals surface area contributed by atoms with E-state index in [0.29, 0.717) is 18.1 Å². The maximum Gasteiger partial charge on any atom is 0.263 e. The Labute approximate surface area is 157 Å². The lowest BCUT2D eigenvalue weighted by Crippen LogP contribution is -2.48. The van der Waals surface area contributed by atoms with Crippen molar-refractivity contribution in [3.05, 3.63) is 47.6 Å². The number of sulfonamides is 1. The van der Waals surface area contributed by atoms with Crippen LogP contribution in [0.1, 0.15) is 6.92 Å². The smallest absolute Gasteiger partial charge is 0.263 e. The van der Waals surface area contributed by atoms with Gasteiger partial charge in [0.1, 0.15) is 5.82 Å². The molecule has 1 saturated heterocycles. The minimum Gasteiger partial charge on any atom is -0.367 e. The standard InChI is InChI=1S/C17H19ClN4O3S/c1-13(23)21-7-9-22(10-8-21)15-5-6-17(19-12-15)20-26(24,25)16-4-2-3-14(18)11-16/h2-6,11-12H,7-10H2,1H3,(H,19,20). The fraction of sp³-hybridized carbons (Fsp3) is 0.294. The van der Waals surface area contributed by atoms with Crippen LogP contribution in [0, 0.1) is 0 Å². The molecule has 26 heavy (non-hydrogen) atoms. The van der Waals surface area contributed by atoms with Gasteiger partial charge in [-0.05, 0) is 30.3 Å². The molecule has 0 spiro atoms. The summed E-state index contributed by atoms with van der Waals surface area (Å²) in [5.74, 6) is 0.310. The summed E-state index contributed by atoms with van der Waals surface area (Å²) in [4.78, 5) is 19.6. The third kappa shape index (κ3) is 4.25. The lowest BCUT2D eigenvalue weighted by Gasteiger charge is -2.35. The molecule has 1 aliphatic rings. The summed E-state index contributed by atoms with van der Waals surface area (Å²) in [6, 6.07) is 9.47. The molecule has 2 aromatic rings. The number of rotatable bonds is 4. The molecule has 0 bridgehead atoms. The zero-order valence-corrected chi connectivity index (χ0v) is 15.8. The normalized spacial score (nSPS) is 15.0. The number of piperazine rings is 1. The number of carbonyl (C=O) groups excluding carboxylic acids is 1. The average molecular weight is 395 g/mol. The molecule has 1 fully saturated rings. The van der Waals surface area contributed by atoms with Gasteiger partial charge >= 0.3 is 0 Å². The topological polar surface area (TPSA) is 82.6 Å². The fourth-order valence-corrected chi connectivity index (χ4v) is 4.05. The highest BCUT2D eigenvalue weighted by Gasteiger charge is 2.19. The van der Waals surface area contributed by atoms with Gasteiger partial charge in [0.2, 0.25) is 5.91 Å². The predicted molar refractivity (Wildman–Crippen MR) is 101 cm³/mol. The molecule has 2 heterocycles. The molecule has 7 nitrogen and oxygen atoms in total. The van der Waals surface area contributed by atoms with E-state index in [1.54, 1.807) is 36.2 Å². The molecular formula is C17H19ClN4O3S. The number of nitrogens with one attached hydrogen (secondary N) is 1. The highest BCUT2D eigenvalue weighted by Crippen LogP contribution is 2.21. The van der Waals surface area contributed by atoms with E-state index in [2.05, 4.69) is 14.6 Å². The number of nitrogens with zero attached hydrogens (tertiary/aromatic N) is 3. The van der Waals surface area contributed by atoms with Crippen molar-refractivity contribution >= 4 is 39.0 Å². The summed E-state index contributed by atoms with van der Waals surface area (Å²) in [7, 11) is -3.75. The Kier molecular flexibility index (Phi) is 5.33. The molecule has 0 atom stereocenters. The van der Waals surface area contributed by atoms with Crippen molar-refractivity contribution in [2.75, 3.05) is 35.8 Å². The Hall–Kier alpha value is -2.32. The number of anilines is 2. The van der Waals surface area contributed by atoms with Crippen LogP contribution < -0.4 is 9.62 Å². The van der Waals surface area contributed by atoms with Crippen molar-refractivity contribution in [1.29, 1.82) is 0 Å². The van der Waals surface area contributed by atoms with Gasteiger partial charge in [-0.2, -0.15) is 0 Å². The molecule has 0 saturated carbocycles. The van der Waals surface area contributed by atoms with E-state index >= 15 is 0 Å². The second-order valence-corrected chi connectivity index (χ2v) is 8.08. The number of halogens is 1. The van der Waals surface area contributed by atoms with Gasteiger partial charge in [-0.3, -0.25) is 9.52 Å². The lowest BCUT2D eigenvalue weighted by molar-refractivity contribution is -0.129. The first kappa shape index (κ1) is 18.5. The van der Waals surface area contributed by atoms with Crippen LogP contribution in [0.15, 0.2) is 47.5 Å². The highest BCUT2D eigenvalue weighted by molar-refractivity contribution is 7.92. The summed E-state index contributed by atoms with van der Waals surface area (Å²) in [6.07, 6.45) is 1.62. The van der Waals surface area contributed by atoms with Crippen molar-refractivity contribution in [2.45, 2.75) is 11.8 Å².